The molecule has 0 aromatic heterocycles. The largest absolute Gasteiger partial charge is 0.507 e. The molecule has 1 aliphatic rings. The topological polar surface area (TPSA) is 93.1 Å². The summed E-state index contributed by atoms with van der Waals surface area (Å²) in [6.07, 6.45) is 0.621. The van der Waals surface area contributed by atoms with Crippen LogP contribution in [0.5, 0.6) is 11.5 Å². The zero-order valence-corrected chi connectivity index (χ0v) is 18.1. The van der Waals surface area contributed by atoms with Gasteiger partial charge in [-0.2, -0.15) is 0 Å². The Morgan fingerprint density at radius 3 is 2.42 bits per heavy atom. The number of aliphatic hydroxyl groups excluding tert-OH is 1. The van der Waals surface area contributed by atoms with Crippen LogP contribution in [0.25, 0.3) is 5.76 Å². The molecule has 1 atom stereocenters. The lowest BCUT2D eigenvalue weighted by atomic mass is 9.95. The van der Waals surface area contributed by atoms with E-state index < -0.39 is 23.7 Å². The minimum atomic E-state index is -0.810. The van der Waals surface area contributed by atoms with Gasteiger partial charge in [0, 0.05) is 18.5 Å². The Hall–Kier alpha value is -3.32. The monoisotopic (exact) mass is 443 g/mol. The highest BCUT2D eigenvalue weighted by Gasteiger charge is 2.45. The van der Waals surface area contributed by atoms with Gasteiger partial charge in [0.1, 0.15) is 17.3 Å². The highest BCUT2D eigenvalue weighted by Crippen LogP contribution is 2.41. The van der Waals surface area contributed by atoms with E-state index in [0.717, 1.165) is 0 Å². The van der Waals surface area contributed by atoms with E-state index in [1.807, 2.05) is 6.92 Å². The lowest BCUT2D eigenvalue weighted by molar-refractivity contribution is -0.139. The molecule has 0 radical (unpaired) electrons. The first-order valence-corrected chi connectivity index (χ1v) is 10.1. The smallest absolute Gasteiger partial charge is 0.308 e. The van der Waals surface area contributed by atoms with Crippen molar-refractivity contribution in [1.29, 1.82) is 0 Å². The number of ether oxygens (including phenoxy) is 2. The van der Waals surface area contributed by atoms with Crippen molar-refractivity contribution < 1.29 is 29.0 Å². The van der Waals surface area contributed by atoms with Crippen LogP contribution < -0.4 is 9.47 Å². The van der Waals surface area contributed by atoms with Crippen LogP contribution in [0.15, 0.2) is 48.0 Å². The van der Waals surface area contributed by atoms with Crippen LogP contribution in [0.2, 0.25) is 5.02 Å². The molecule has 3 rings (SSSR count). The molecule has 1 saturated heterocycles. The Kier molecular flexibility index (Phi) is 6.65. The van der Waals surface area contributed by atoms with Gasteiger partial charge in [0.15, 0.2) is 0 Å². The predicted octanol–water partition coefficient (Wildman–Crippen LogP) is 4.11. The number of aliphatic hydroxyl groups is 1. The third-order valence-electron chi connectivity index (χ3n) is 4.88. The Morgan fingerprint density at radius 1 is 1.16 bits per heavy atom. The van der Waals surface area contributed by atoms with Crippen LogP contribution in [0.1, 0.15) is 37.4 Å². The Bertz CT molecular complexity index is 1060. The Morgan fingerprint density at radius 2 is 1.84 bits per heavy atom. The molecule has 8 heteroatoms. The lowest BCUT2D eigenvalue weighted by Crippen LogP contribution is -2.30. The molecular formula is C23H22ClNO6. The second-order valence-corrected chi connectivity index (χ2v) is 7.44. The fourth-order valence-corrected chi connectivity index (χ4v) is 3.76. The Labute approximate surface area is 184 Å². The number of esters is 1. The third kappa shape index (κ3) is 4.41. The average molecular weight is 444 g/mol. The van der Waals surface area contributed by atoms with Gasteiger partial charge < -0.3 is 19.5 Å². The molecule has 1 fully saturated rings. The SMILES string of the molecule is CCCN1C(=O)C(=O)/C(=C(/O)c2cc(Cl)ccc2OC)C1c1ccc(OC(C)=O)cc1. The van der Waals surface area contributed by atoms with Gasteiger partial charge in [-0.15, -0.1) is 0 Å². The molecule has 0 spiro atoms. The van der Waals surface area contributed by atoms with Gasteiger partial charge in [-0.05, 0) is 42.3 Å². The van der Waals surface area contributed by atoms with Gasteiger partial charge in [-0.3, -0.25) is 14.4 Å². The summed E-state index contributed by atoms with van der Waals surface area (Å²) in [7, 11) is 1.43. The molecule has 0 bridgehead atoms. The van der Waals surface area contributed by atoms with Gasteiger partial charge >= 0.3 is 5.97 Å². The second-order valence-electron chi connectivity index (χ2n) is 7.00. The first-order valence-electron chi connectivity index (χ1n) is 9.69. The van der Waals surface area contributed by atoms with Crippen molar-refractivity contribution in [3.05, 3.63) is 64.2 Å². The van der Waals surface area contributed by atoms with Crippen molar-refractivity contribution in [2.24, 2.45) is 0 Å². The number of halogens is 1. The van der Waals surface area contributed by atoms with Crippen LogP contribution in [0, 0.1) is 0 Å². The maximum atomic E-state index is 12.9. The first-order chi connectivity index (χ1) is 14.8. The molecule has 2 aromatic rings. The zero-order chi connectivity index (χ0) is 22.7. The molecule has 1 unspecified atom stereocenters. The summed E-state index contributed by atoms with van der Waals surface area (Å²) in [6, 6.07) is 10.3. The van der Waals surface area contributed by atoms with Crippen molar-refractivity contribution in [1.82, 2.24) is 4.90 Å². The summed E-state index contributed by atoms with van der Waals surface area (Å²) in [4.78, 5) is 38.3. The second kappa shape index (κ2) is 9.22. The summed E-state index contributed by atoms with van der Waals surface area (Å²) in [5, 5.41) is 11.4. The van der Waals surface area contributed by atoms with Crippen molar-refractivity contribution in [3.63, 3.8) is 0 Å². The van der Waals surface area contributed by atoms with E-state index in [0.29, 0.717) is 35.1 Å². The third-order valence-corrected chi connectivity index (χ3v) is 5.11. The number of hydrogen-bond donors (Lipinski definition) is 1. The lowest BCUT2D eigenvalue weighted by Gasteiger charge is -2.25. The predicted molar refractivity (Wildman–Crippen MR) is 115 cm³/mol. The van der Waals surface area contributed by atoms with Crippen LogP contribution in [0.3, 0.4) is 0 Å². The van der Waals surface area contributed by atoms with E-state index in [1.54, 1.807) is 36.4 Å². The number of carbonyl (C=O) groups excluding carboxylic acids is 3. The first kappa shape index (κ1) is 22.4. The van der Waals surface area contributed by atoms with E-state index in [1.165, 1.54) is 25.0 Å². The number of Topliss-reactive ketones (excluding diaryl/α,β-unsaturated/α-hetero) is 1. The summed E-state index contributed by atoms with van der Waals surface area (Å²) >= 11 is 6.09. The summed E-state index contributed by atoms with van der Waals surface area (Å²) in [5.74, 6) is -1.67. The quantitative estimate of drug-likeness (QED) is 0.237. The highest BCUT2D eigenvalue weighted by atomic mass is 35.5. The summed E-state index contributed by atoms with van der Waals surface area (Å²) < 4.78 is 10.4. The zero-order valence-electron chi connectivity index (χ0n) is 17.3. The number of methoxy groups -OCH3 is 1. The fourth-order valence-electron chi connectivity index (χ4n) is 3.59. The van der Waals surface area contributed by atoms with Gasteiger partial charge in [0.25, 0.3) is 11.7 Å². The molecule has 2 aromatic carbocycles. The molecule has 1 amide bonds. The number of likely N-dealkylation sites (tertiary alicyclic amines) is 1. The van der Waals surface area contributed by atoms with Crippen molar-refractivity contribution in [2.75, 3.05) is 13.7 Å². The fraction of sp³-hybridized carbons (Fsp3) is 0.261. The molecular weight excluding hydrogens is 422 g/mol. The molecule has 1 aliphatic heterocycles. The number of rotatable bonds is 6. The maximum absolute atomic E-state index is 12.9. The molecule has 0 aliphatic carbocycles. The molecule has 1 N–H and O–H groups in total. The number of hydrogen-bond acceptors (Lipinski definition) is 6. The summed E-state index contributed by atoms with van der Waals surface area (Å²) in [6.45, 7) is 3.51. The van der Waals surface area contributed by atoms with Gasteiger partial charge in [0.2, 0.25) is 0 Å². The van der Waals surface area contributed by atoms with Crippen LogP contribution in [-0.2, 0) is 14.4 Å². The van der Waals surface area contributed by atoms with Gasteiger partial charge in [0.05, 0.1) is 24.3 Å². The van der Waals surface area contributed by atoms with Crippen LogP contribution in [0.4, 0.5) is 0 Å². The number of amides is 1. The minimum absolute atomic E-state index is 0.0562. The number of carbonyl (C=O) groups is 3. The van der Waals surface area contributed by atoms with Crippen molar-refractivity contribution in [2.45, 2.75) is 26.3 Å². The normalized spacial score (nSPS) is 17.7. The molecule has 0 saturated carbocycles. The van der Waals surface area contributed by atoms with E-state index >= 15 is 0 Å². The highest BCUT2D eigenvalue weighted by molar-refractivity contribution is 6.46. The summed E-state index contributed by atoms with van der Waals surface area (Å²) in [5.41, 5.74) is 0.747. The number of nitrogens with zero attached hydrogens (tertiary/aromatic N) is 1. The van der Waals surface area contributed by atoms with Crippen molar-refractivity contribution in [3.8, 4) is 11.5 Å². The standard InChI is InChI=1S/C23H22ClNO6/c1-4-11-25-20(14-5-8-16(9-6-14)31-13(2)26)19(22(28)23(25)29)21(27)17-12-15(24)7-10-18(17)30-3/h5-10,12,20,27H,4,11H2,1-3H3/b21-19+. The molecule has 7 nitrogen and oxygen atoms in total. The van der Waals surface area contributed by atoms with E-state index in [9.17, 15) is 19.5 Å². The van der Waals surface area contributed by atoms with E-state index in [4.69, 9.17) is 21.1 Å². The Balaban J connectivity index is 2.18. The van der Waals surface area contributed by atoms with Gasteiger partial charge in [-0.25, -0.2) is 0 Å². The minimum Gasteiger partial charge on any atom is -0.507 e. The molecule has 31 heavy (non-hydrogen) atoms. The van der Waals surface area contributed by atoms with E-state index in [-0.39, 0.29) is 16.9 Å². The van der Waals surface area contributed by atoms with Crippen LogP contribution in [-0.4, -0.2) is 41.3 Å². The average Bonchev–Trinajstić information content (AvgIpc) is 2.98. The number of ketones is 1. The molecule has 162 valence electrons. The number of benzene rings is 2. The van der Waals surface area contributed by atoms with Crippen molar-refractivity contribution >= 4 is 35.0 Å². The maximum Gasteiger partial charge on any atom is 0.308 e. The van der Waals surface area contributed by atoms with Gasteiger partial charge in [-0.1, -0.05) is 30.7 Å². The van der Waals surface area contributed by atoms with E-state index in [2.05, 4.69) is 0 Å². The molecule has 1 heterocycles. The van der Waals surface area contributed by atoms with Crippen LogP contribution >= 0.6 is 11.6 Å².